The number of benzene rings is 2. The second kappa shape index (κ2) is 6.88. The largest absolute Gasteiger partial charge is 0.495 e. The van der Waals surface area contributed by atoms with Gasteiger partial charge in [-0.1, -0.05) is 6.07 Å². The fourth-order valence-corrected chi connectivity index (χ4v) is 3.56. The standard InChI is InChI=1S/C19H18N2O5S/c1-11-8-12-4-6-14(10-15(12)21-18(11)22)20-19(23)13-5-7-16(26-2)17(9-13)27(3,24)25/h4-10H,1-3H3,(H,20,23)(H,21,22). The number of aromatic nitrogens is 1. The number of carbonyl (C=O) groups is 1. The van der Waals surface area contributed by atoms with E-state index in [4.69, 9.17) is 4.74 Å². The molecule has 3 aromatic rings. The van der Waals surface area contributed by atoms with Crippen molar-refractivity contribution in [3.63, 3.8) is 0 Å². The van der Waals surface area contributed by atoms with Gasteiger partial charge in [0.2, 0.25) is 0 Å². The number of anilines is 1. The number of carbonyl (C=O) groups excluding carboxylic acids is 1. The summed E-state index contributed by atoms with van der Waals surface area (Å²) in [5.74, 6) is -0.302. The third-order valence-electron chi connectivity index (χ3n) is 4.11. The third-order valence-corrected chi connectivity index (χ3v) is 5.23. The second-order valence-corrected chi connectivity index (χ2v) is 8.16. The third kappa shape index (κ3) is 3.85. The molecule has 1 aromatic heterocycles. The number of H-pyrrole nitrogens is 1. The Bertz CT molecular complexity index is 1210. The lowest BCUT2D eigenvalue weighted by Crippen LogP contribution is -2.14. The minimum atomic E-state index is -3.56. The molecule has 0 saturated carbocycles. The number of sulfone groups is 1. The molecule has 0 atom stereocenters. The van der Waals surface area contributed by atoms with E-state index in [1.165, 1.54) is 25.3 Å². The number of hydrogen-bond donors (Lipinski definition) is 2. The summed E-state index contributed by atoms with van der Waals surface area (Å²) in [5.41, 5.74) is 1.65. The lowest BCUT2D eigenvalue weighted by molar-refractivity contribution is 0.102. The van der Waals surface area contributed by atoms with Gasteiger partial charge in [0.05, 0.1) is 12.6 Å². The van der Waals surface area contributed by atoms with Crippen LogP contribution in [0.15, 0.2) is 52.2 Å². The molecule has 0 aliphatic rings. The first-order valence-electron chi connectivity index (χ1n) is 8.02. The zero-order chi connectivity index (χ0) is 19.8. The molecule has 0 spiro atoms. The average Bonchev–Trinajstić information content (AvgIpc) is 2.61. The smallest absolute Gasteiger partial charge is 0.255 e. The van der Waals surface area contributed by atoms with Gasteiger partial charge < -0.3 is 15.0 Å². The van der Waals surface area contributed by atoms with Gasteiger partial charge in [-0.15, -0.1) is 0 Å². The van der Waals surface area contributed by atoms with Crippen LogP contribution in [0.3, 0.4) is 0 Å². The molecule has 7 nitrogen and oxygen atoms in total. The monoisotopic (exact) mass is 386 g/mol. The number of amides is 1. The highest BCUT2D eigenvalue weighted by Gasteiger charge is 2.17. The molecular formula is C19H18N2O5S. The van der Waals surface area contributed by atoms with Crippen LogP contribution in [0, 0.1) is 6.92 Å². The number of rotatable bonds is 4. The Kier molecular flexibility index (Phi) is 4.75. The van der Waals surface area contributed by atoms with Crippen molar-refractivity contribution in [2.75, 3.05) is 18.7 Å². The first kappa shape index (κ1) is 18.7. The molecule has 0 radical (unpaired) electrons. The van der Waals surface area contributed by atoms with Crippen molar-refractivity contribution in [2.24, 2.45) is 0 Å². The molecule has 140 valence electrons. The van der Waals surface area contributed by atoms with Gasteiger partial charge in [0.15, 0.2) is 9.84 Å². The van der Waals surface area contributed by atoms with Crippen LogP contribution in [-0.4, -0.2) is 32.7 Å². The minimum absolute atomic E-state index is 0.0593. The Morgan fingerprint density at radius 2 is 1.85 bits per heavy atom. The van der Waals surface area contributed by atoms with Gasteiger partial charge in [0, 0.05) is 23.1 Å². The fraction of sp³-hybridized carbons (Fsp3) is 0.158. The van der Waals surface area contributed by atoms with Crippen LogP contribution >= 0.6 is 0 Å². The molecule has 0 aliphatic heterocycles. The molecule has 27 heavy (non-hydrogen) atoms. The second-order valence-electron chi connectivity index (χ2n) is 6.18. The van der Waals surface area contributed by atoms with Gasteiger partial charge in [0.1, 0.15) is 10.6 Å². The van der Waals surface area contributed by atoms with E-state index in [0.29, 0.717) is 16.8 Å². The Morgan fingerprint density at radius 1 is 1.11 bits per heavy atom. The number of aromatic amines is 1. The van der Waals surface area contributed by atoms with Crippen molar-refractivity contribution in [1.82, 2.24) is 4.98 Å². The number of pyridine rings is 1. The summed E-state index contributed by atoms with van der Waals surface area (Å²) >= 11 is 0. The van der Waals surface area contributed by atoms with Gasteiger partial charge in [0.25, 0.3) is 11.5 Å². The van der Waals surface area contributed by atoms with Crippen LogP contribution in [0.25, 0.3) is 10.9 Å². The Hall–Kier alpha value is -3.13. The molecule has 0 fully saturated rings. The lowest BCUT2D eigenvalue weighted by atomic mass is 10.1. The summed E-state index contributed by atoms with van der Waals surface area (Å²) in [6.07, 6.45) is 1.05. The van der Waals surface area contributed by atoms with Gasteiger partial charge in [-0.05, 0) is 48.7 Å². The molecule has 0 bridgehead atoms. The topological polar surface area (TPSA) is 105 Å². The Balaban J connectivity index is 1.95. The van der Waals surface area contributed by atoms with Crippen LogP contribution in [0.4, 0.5) is 5.69 Å². The highest BCUT2D eigenvalue weighted by atomic mass is 32.2. The van der Waals surface area contributed by atoms with E-state index in [0.717, 1.165) is 11.6 Å². The molecule has 0 saturated heterocycles. The van der Waals surface area contributed by atoms with Crippen LogP contribution < -0.4 is 15.6 Å². The molecule has 1 amide bonds. The van der Waals surface area contributed by atoms with E-state index in [1.807, 2.05) is 0 Å². The van der Waals surface area contributed by atoms with E-state index >= 15 is 0 Å². The molecule has 2 N–H and O–H groups in total. The summed E-state index contributed by atoms with van der Waals surface area (Å²) in [4.78, 5) is 27.0. The fourth-order valence-electron chi connectivity index (χ4n) is 2.70. The summed E-state index contributed by atoms with van der Waals surface area (Å²) < 4.78 is 28.9. The lowest BCUT2D eigenvalue weighted by Gasteiger charge is -2.10. The average molecular weight is 386 g/mol. The SMILES string of the molecule is COc1ccc(C(=O)Nc2ccc3cc(C)c(=O)[nH]c3c2)cc1S(C)(=O)=O. The maximum absolute atomic E-state index is 12.5. The molecule has 1 heterocycles. The zero-order valence-corrected chi connectivity index (χ0v) is 15.8. The molecule has 0 aliphatic carbocycles. The number of aryl methyl sites for hydroxylation is 1. The first-order chi connectivity index (χ1) is 12.7. The van der Waals surface area contributed by atoms with E-state index in [2.05, 4.69) is 10.3 Å². The van der Waals surface area contributed by atoms with Crippen LogP contribution in [0.2, 0.25) is 0 Å². The summed E-state index contributed by atoms with van der Waals surface area (Å²) in [5, 5.41) is 3.55. The number of methoxy groups -OCH3 is 1. The summed E-state index contributed by atoms with van der Waals surface area (Å²) in [7, 11) is -2.19. The highest BCUT2D eigenvalue weighted by molar-refractivity contribution is 7.90. The molecule has 2 aromatic carbocycles. The summed E-state index contributed by atoms with van der Waals surface area (Å²) in [6.45, 7) is 1.72. The van der Waals surface area contributed by atoms with Crippen molar-refractivity contribution >= 4 is 32.3 Å². The quantitative estimate of drug-likeness (QED) is 0.717. The number of hydrogen-bond acceptors (Lipinski definition) is 5. The van der Waals surface area contributed by atoms with E-state index < -0.39 is 15.7 Å². The number of fused-ring (bicyclic) bond motifs is 1. The first-order valence-corrected chi connectivity index (χ1v) is 9.91. The molecule has 8 heteroatoms. The minimum Gasteiger partial charge on any atom is -0.495 e. The Labute approximate surface area is 155 Å². The highest BCUT2D eigenvalue weighted by Crippen LogP contribution is 2.25. The maximum atomic E-state index is 12.5. The number of ether oxygens (including phenoxy) is 1. The van der Waals surface area contributed by atoms with E-state index in [9.17, 15) is 18.0 Å². The van der Waals surface area contributed by atoms with Crippen LogP contribution in [0.1, 0.15) is 15.9 Å². The van der Waals surface area contributed by atoms with Crippen molar-refractivity contribution in [1.29, 1.82) is 0 Å². The molecule has 3 rings (SSSR count). The van der Waals surface area contributed by atoms with Crippen LogP contribution in [-0.2, 0) is 9.84 Å². The summed E-state index contributed by atoms with van der Waals surface area (Å²) in [6, 6.07) is 11.1. The normalized spacial score (nSPS) is 11.4. The van der Waals surface area contributed by atoms with E-state index in [-0.39, 0.29) is 21.8 Å². The van der Waals surface area contributed by atoms with Crippen molar-refractivity contribution in [3.8, 4) is 5.75 Å². The van der Waals surface area contributed by atoms with Crippen molar-refractivity contribution < 1.29 is 17.9 Å². The van der Waals surface area contributed by atoms with Crippen molar-refractivity contribution in [3.05, 3.63) is 63.9 Å². The number of nitrogens with one attached hydrogen (secondary N) is 2. The molecular weight excluding hydrogens is 368 g/mol. The molecule has 0 unspecified atom stereocenters. The van der Waals surface area contributed by atoms with Gasteiger partial charge in [-0.3, -0.25) is 9.59 Å². The zero-order valence-electron chi connectivity index (χ0n) is 15.0. The predicted octanol–water partition coefficient (Wildman–Crippen LogP) is 2.50. The van der Waals surface area contributed by atoms with Gasteiger partial charge in [-0.25, -0.2) is 8.42 Å². The van der Waals surface area contributed by atoms with Crippen molar-refractivity contribution in [2.45, 2.75) is 11.8 Å². The Morgan fingerprint density at radius 3 is 2.52 bits per heavy atom. The van der Waals surface area contributed by atoms with Gasteiger partial charge in [-0.2, -0.15) is 0 Å². The van der Waals surface area contributed by atoms with Crippen LogP contribution in [0.5, 0.6) is 5.75 Å². The maximum Gasteiger partial charge on any atom is 0.255 e. The van der Waals surface area contributed by atoms with Gasteiger partial charge >= 0.3 is 0 Å². The van der Waals surface area contributed by atoms with E-state index in [1.54, 1.807) is 31.2 Å². The predicted molar refractivity (Wildman–Crippen MR) is 103 cm³/mol.